The number of aryl methyl sites for hydroxylation is 1. The summed E-state index contributed by atoms with van der Waals surface area (Å²) in [5, 5.41) is 4.39. The molecule has 0 unspecified atom stereocenters. The highest BCUT2D eigenvalue weighted by Crippen LogP contribution is 1.98. The van der Waals surface area contributed by atoms with Crippen LogP contribution in [0.15, 0.2) is 24.7 Å². The van der Waals surface area contributed by atoms with Crippen LogP contribution < -0.4 is 9.73 Å². The van der Waals surface area contributed by atoms with Crippen molar-refractivity contribution in [1.82, 2.24) is 9.61 Å². The Kier molecular flexibility index (Phi) is 1.86. The number of rotatable bonds is 3. The molecule has 2 aromatic heterocycles. The SMILES string of the molecule is CCCCc1cn2ccc[n+]2[n-]1. The van der Waals surface area contributed by atoms with Crippen molar-refractivity contribution in [2.45, 2.75) is 26.2 Å². The average Bonchev–Trinajstić information content (AvgIpc) is 2.58. The van der Waals surface area contributed by atoms with E-state index in [2.05, 4.69) is 18.2 Å². The van der Waals surface area contributed by atoms with Crippen LogP contribution in [-0.4, -0.2) is 4.52 Å². The van der Waals surface area contributed by atoms with Gasteiger partial charge in [0.25, 0.3) is 0 Å². The van der Waals surface area contributed by atoms with Crippen LogP contribution in [0.1, 0.15) is 25.5 Å². The van der Waals surface area contributed by atoms with Gasteiger partial charge >= 0.3 is 0 Å². The van der Waals surface area contributed by atoms with Gasteiger partial charge in [0, 0.05) is 6.07 Å². The Morgan fingerprint density at radius 2 is 2.50 bits per heavy atom. The van der Waals surface area contributed by atoms with E-state index >= 15 is 0 Å². The zero-order valence-corrected chi connectivity index (χ0v) is 7.27. The van der Waals surface area contributed by atoms with Crippen molar-refractivity contribution in [3.8, 4) is 0 Å². The van der Waals surface area contributed by atoms with Crippen LogP contribution in [0.2, 0.25) is 0 Å². The molecular formula is C9H13N3. The topological polar surface area (TPSA) is 22.6 Å². The fraction of sp³-hybridized carbons (Fsp3) is 0.444. The van der Waals surface area contributed by atoms with Crippen molar-refractivity contribution < 1.29 is 4.63 Å². The normalized spacial score (nSPS) is 11.1. The van der Waals surface area contributed by atoms with Crippen LogP contribution in [0, 0.1) is 0 Å². The van der Waals surface area contributed by atoms with E-state index in [9.17, 15) is 0 Å². The number of unbranched alkanes of at least 4 members (excludes halogenated alkanes) is 1. The summed E-state index contributed by atoms with van der Waals surface area (Å²) in [7, 11) is 0. The molecular weight excluding hydrogens is 150 g/mol. The third-order valence-electron chi connectivity index (χ3n) is 1.99. The van der Waals surface area contributed by atoms with E-state index in [1.807, 2.05) is 27.6 Å². The van der Waals surface area contributed by atoms with E-state index in [0.717, 1.165) is 6.42 Å². The molecule has 0 aromatic carbocycles. The summed E-state index contributed by atoms with van der Waals surface area (Å²) in [4.78, 5) is 0. The summed E-state index contributed by atoms with van der Waals surface area (Å²) in [5.41, 5.74) is 1.18. The predicted octanol–water partition coefficient (Wildman–Crippen LogP) is 0.825. The molecule has 0 aliphatic carbocycles. The highest BCUT2D eigenvalue weighted by molar-refractivity contribution is 4.91. The molecule has 2 rings (SSSR count). The van der Waals surface area contributed by atoms with Crippen LogP contribution in [0.5, 0.6) is 0 Å². The second kappa shape index (κ2) is 3.01. The maximum absolute atomic E-state index is 4.39. The van der Waals surface area contributed by atoms with Gasteiger partial charge in [-0.3, -0.25) is 0 Å². The Bertz CT molecular complexity index is 330. The van der Waals surface area contributed by atoms with Gasteiger partial charge in [-0.15, -0.1) is 4.63 Å². The van der Waals surface area contributed by atoms with E-state index in [1.165, 1.54) is 18.5 Å². The van der Waals surface area contributed by atoms with E-state index < -0.39 is 0 Å². The smallest absolute Gasteiger partial charge is 0.190 e. The molecule has 0 atom stereocenters. The number of hydrogen-bond acceptors (Lipinski definition) is 0. The molecule has 0 radical (unpaired) electrons. The number of fused-ring (bicyclic) bond motifs is 1. The maximum Gasteiger partial charge on any atom is 0.190 e. The van der Waals surface area contributed by atoms with Gasteiger partial charge < -0.3 is 0 Å². The molecule has 0 N–H and O–H groups in total. The second-order valence-electron chi connectivity index (χ2n) is 3.01. The van der Waals surface area contributed by atoms with Crippen molar-refractivity contribution in [3.63, 3.8) is 0 Å². The highest BCUT2D eigenvalue weighted by atomic mass is 15.5. The zero-order chi connectivity index (χ0) is 8.39. The number of nitrogens with zero attached hydrogens (tertiary/aromatic N) is 3. The van der Waals surface area contributed by atoms with Gasteiger partial charge in [0.15, 0.2) is 6.20 Å². The lowest BCUT2D eigenvalue weighted by Crippen LogP contribution is -2.28. The van der Waals surface area contributed by atoms with Crippen molar-refractivity contribution in [2.75, 3.05) is 0 Å². The third kappa shape index (κ3) is 1.22. The molecule has 64 valence electrons. The van der Waals surface area contributed by atoms with Gasteiger partial charge in [0.05, 0.1) is 0 Å². The summed E-state index contributed by atoms with van der Waals surface area (Å²) in [6.07, 6.45) is 9.58. The molecule has 0 spiro atoms. The lowest BCUT2D eigenvalue weighted by atomic mass is 10.2. The molecule has 0 aliphatic heterocycles. The molecule has 0 aliphatic rings. The van der Waals surface area contributed by atoms with Crippen LogP contribution >= 0.6 is 0 Å². The van der Waals surface area contributed by atoms with Crippen LogP contribution in [0.25, 0.3) is 0 Å². The molecule has 3 nitrogen and oxygen atoms in total. The van der Waals surface area contributed by atoms with E-state index in [0.29, 0.717) is 0 Å². The minimum Gasteiger partial charge on any atom is -0.233 e. The lowest BCUT2D eigenvalue weighted by molar-refractivity contribution is -0.677. The summed E-state index contributed by atoms with van der Waals surface area (Å²) in [6, 6.07) is 1.98. The fourth-order valence-corrected chi connectivity index (χ4v) is 1.32. The molecule has 2 heterocycles. The Balaban J connectivity index is 2.21. The molecule has 0 saturated heterocycles. The summed E-state index contributed by atoms with van der Waals surface area (Å²) in [5.74, 6) is 0. The van der Waals surface area contributed by atoms with Crippen LogP contribution in [0.4, 0.5) is 0 Å². The van der Waals surface area contributed by atoms with Gasteiger partial charge in [-0.2, -0.15) is 5.10 Å². The van der Waals surface area contributed by atoms with Gasteiger partial charge in [-0.05, 0) is 30.9 Å². The molecule has 0 amide bonds. The maximum atomic E-state index is 4.39. The standard InChI is InChI=1S/C9H13N3/c1-2-3-5-9-8-11-6-4-7-12(11)10-9/h4,6-8H,2-3,5H2,1H3. The molecule has 0 bridgehead atoms. The van der Waals surface area contributed by atoms with E-state index in [-0.39, 0.29) is 0 Å². The van der Waals surface area contributed by atoms with Gasteiger partial charge in [0.1, 0.15) is 0 Å². The lowest BCUT2D eigenvalue weighted by Gasteiger charge is -1.91. The van der Waals surface area contributed by atoms with Gasteiger partial charge in [-0.25, -0.2) is 4.52 Å². The first-order valence-corrected chi connectivity index (χ1v) is 4.41. The second-order valence-corrected chi connectivity index (χ2v) is 3.01. The predicted molar refractivity (Wildman–Crippen MR) is 45.0 cm³/mol. The zero-order valence-electron chi connectivity index (χ0n) is 7.27. The molecule has 12 heavy (non-hydrogen) atoms. The highest BCUT2D eigenvalue weighted by Gasteiger charge is 1.96. The van der Waals surface area contributed by atoms with Gasteiger partial charge in [0.2, 0.25) is 0 Å². The van der Waals surface area contributed by atoms with Crippen LogP contribution in [-0.2, 0) is 6.42 Å². The van der Waals surface area contributed by atoms with E-state index in [1.54, 1.807) is 0 Å². The first-order valence-electron chi connectivity index (χ1n) is 4.41. The Morgan fingerprint density at radius 3 is 3.25 bits per heavy atom. The van der Waals surface area contributed by atoms with Gasteiger partial charge in [-0.1, -0.05) is 13.3 Å². The Hall–Kier alpha value is -1.25. The van der Waals surface area contributed by atoms with Crippen molar-refractivity contribution in [2.24, 2.45) is 0 Å². The first-order chi connectivity index (χ1) is 5.90. The van der Waals surface area contributed by atoms with E-state index in [4.69, 9.17) is 0 Å². The van der Waals surface area contributed by atoms with Crippen molar-refractivity contribution in [1.29, 1.82) is 0 Å². The number of aromatic nitrogens is 3. The molecule has 0 saturated carbocycles. The first kappa shape index (κ1) is 7.40. The minimum atomic E-state index is 1.09. The van der Waals surface area contributed by atoms with Crippen molar-refractivity contribution in [3.05, 3.63) is 30.4 Å². The van der Waals surface area contributed by atoms with Crippen molar-refractivity contribution >= 4 is 0 Å². The molecule has 2 aromatic rings. The molecule has 0 fully saturated rings. The average molecular weight is 163 g/mol. The quantitative estimate of drug-likeness (QED) is 0.614. The molecule has 3 heteroatoms. The monoisotopic (exact) mass is 163 g/mol. The fourth-order valence-electron chi connectivity index (χ4n) is 1.32. The summed E-state index contributed by atoms with van der Waals surface area (Å²) in [6.45, 7) is 2.20. The van der Waals surface area contributed by atoms with Crippen LogP contribution in [0.3, 0.4) is 0 Å². The Morgan fingerprint density at radius 1 is 1.58 bits per heavy atom. The summed E-state index contributed by atoms with van der Waals surface area (Å²) < 4.78 is 3.84. The Labute approximate surface area is 71.6 Å². The minimum absolute atomic E-state index is 1.09. The largest absolute Gasteiger partial charge is 0.233 e. The third-order valence-corrected chi connectivity index (χ3v) is 1.99. The number of hydrogen-bond donors (Lipinski definition) is 0. The summed E-state index contributed by atoms with van der Waals surface area (Å²) >= 11 is 0.